The summed E-state index contributed by atoms with van der Waals surface area (Å²) < 4.78 is 11.7. The molecule has 0 radical (unpaired) electrons. The Hall–Kier alpha value is -3.81. The zero-order chi connectivity index (χ0) is 22.7. The van der Waals surface area contributed by atoms with Crippen LogP contribution in [0, 0.1) is 6.92 Å². The molecule has 4 rings (SSSR count). The molecule has 1 aliphatic rings. The number of fused-ring (bicyclic) bond motifs is 1. The maximum Gasteiger partial charge on any atom is 0.328 e. The average molecular weight is 435 g/mol. The Balaban J connectivity index is 1.69. The molecule has 1 N–H and O–H groups in total. The van der Waals surface area contributed by atoms with Crippen molar-refractivity contribution in [1.29, 1.82) is 0 Å². The van der Waals surface area contributed by atoms with Crippen LogP contribution in [0.3, 0.4) is 0 Å². The maximum absolute atomic E-state index is 13.4. The Morgan fingerprint density at radius 1 is 1.12 bits per heavy atom. The number of aromatic amines is 1. The van der Waals surface area contributed by atoms with Crippen molar-refractivity contribution in [2.24, 2.45) is 0 Å². The molecule has 0 spiro atoms. The van der Waals surface area contributed by atoms with Crippen molar-refractivity contribution in [1.82, 2.24) is 9.55 Å². The molecule has 0 saturated heterocycles. The van der Waals surface area contributed by atoms with Gasteiger partial charge in [0.05, 0.1) is 6.54 Å². The van der Waals surface area contributed by atoms with Crippen molar-refractivity contribution in [3.8, 4) is 11.5 Å². The van der Waals surface area contributed by atoms with Gasteiger partial charge in [-0.2, -0.15) is 0 Å². The zero-order valence-electron chi connectivity index (χ0n) is 18.1. The largest absolute Gasteiger partial charge is 0.454 e. The van der Waals surface area contributed by atoms with E-state index in [2.05, 4.69) is 4.98 Å². The second kappa shape index (κ2) is 9.13. The fraction of sp³-hybridized carbons (Fsp3) is 0.292. The molecule has 0 bridgehead atoms. The fourth-order valence-electron chi connectivity index (χ4n) is 3.64. The van der Waals surface area contributed by atoms with Crippen LogP contribution in [-0.2, 0) is 6.54 Å². The number of unbranched alkanes of at least 4 members (excludes halogenated alkanes) is 1. The lowest BCUT2D eigenvalue weighted by atomic mass is 10.1. The van der Waals surface area contributed by atoms with Gasteiger partial charge in [-0.25, -0.2) is 4.79 Å². The third-order valence-electron chi connectivity index (χ3n) is 5.36. The number of aryl methyl sites for hydroxylation is 1. The van der Waals surface area contributed by atoms with E-state index in [1.807, 2.05) is 38.1 Å². The zero-order valence-corrected chi connectivity index (χ0v) is 18.1. The molecule has 1 aliphatic heterocycles. The van der Waals surface area contributed by atoms with E-state index >= 15 is 0 Å². The summed E-state index contributed by atoms with van der Waals surface area (Å²) in [5.41, 5.74) is 1.12. The molecule has 1 amide bonds. The summed E-state index contributed by atoms with van der Waals surface area (Å²) in [6.07, 6.45) is 2.89. The van der Waals surface area contributed by atoms with Crippen LogP contribution in [0.2, 0.25) is 0 Å². The lowest BCUT2D eigenvalue weighted by Gasteiger charge is -2.23. The first kappa shape index (κ1) is 21.4. The quantitative estimate of drug-likeness (QED) is 0.616. The van der Waals surface area contributed by atoms with Gasteiger partial charge >= 0.3 is 5.69 Å². The number of hydrogen-bond acceptors (Lipinski definition) is 5. The predicted molar refractivity (Wildman–Crippen MR) is 121 cm³/mol. The van der Waals surface area contributed by atoms with E-state index in [9.17, 15) is 14.4 Å². The smallest absolute Gasteiger partial charge is 0.328 e. The molecular formula is C24H25N3O5. The number of H-pyrrole nitrogens is 1. The van der Waals surface area contributed by atoms with Crippen LogP contribution in [0.15, 0.2) is 58.3 Å². The Morgan fingerprint density at radius 3 is 2.72 bits per heavy atom. The Labute approximate surface area is 185 Å². The number of amides is 1. The van der Waals surface area contributed by atoms with Gasteiger partial charge in [0.25, 0.3) is 11.5 Å². The summed E-state index contributed by atoms with van der Waals surface area (Å²) in [6.45, 7) is 4.60. The van der Waals surface area contributed by atoms with E-state index in [1.165, 1.54) is 6.20 Å². The van der Waals surface area contributed by atoms with Gasteiger partial charge in [0, 0.05) is 18.4 Å². The third-order valence-corrected chi connectivity index (χ3v) is 5.36. The van der Waals surface area contributed by atoms with Crippen LogP contribution in [0.5, 0.6) is 11.5 Å². The molecular weight excluding hydrogens is 410 g/mol. The molecule has 1 aromatic heterocycles. The molecule has 3 aromatic rings. The Kier molecular flexibility index (Phi) is 6.11. The first-order chi connectivity index (χ1) is 15.5. The normalized spacial score (nSPS) is 12.1. The molecule has 2 heterocycles. The number of benzene rings is 2. The van der Waals surface area contributed by atoms with Crippen molar-refractivity contribution in [3.63, 3.8) is 0 Å². The third kappa shape index (κ3) is 4.30. The van der Waals surface area contributed by atoms with E-state index < -0.39 is 17.2 Å². The molecule has 8 heteroatoms. The van der Waals surface area contributed by atoms with Gasteiger partial charge in [0.15, 0.2) is 11.5 Å². The van der Waals surface area contributed by atoms with Crippen molar-refractivity contribution < 1.29 is 14.3 Å². The Bertz CT molecular complexity index is 1260. The van der Waals surface area contributed by atoms with Crippen molar-refractivity contribution in [3.05, 3.63) is 86.2 Å². The maximum atomic E-state index is 13.4. The minimum absolute atomic E-state index is 0.00529. The van der Waals surface area contributed by atoms with Crippen LogP contribution in [0.1, 0.15) is 41.3 Å². The molecule has 0 aliphatic carbocycles. The predicted octanol–water partition coefficient (Wildman–Crippen LogP) is 3.07. The number of carbonyl (C=O) groups is 1. The molecule has 0 saturated carbocycles. The minimum Gasteiger partial charge on any atom is -0.454 e. The summed E-state index contributed by atoms with van der Waals surface area (Å²) in [6, 6.07) is 12.8. The molecule has 0 atom stereocenters. The number of hydrogen-bond donors (Lipinski definition) is 1. The monoisotopic (exact) mass is 435 g/mol. The summed E-state index contributed by atoms with van der Waals surface area (Å²) >= 11 is 0. The summed E-state index contributed by atoms with van der Waals surface area (Å²) in [4.78, 5) is 43.2. The Morgan fingerprint density at radius 2 is 1.94 bits per heavy atom. The summed E-state index contributed by atoms with van der Waals surface area (Å²) in [7, 11) is 0. The number of aromatic nitrogens is 2. The number of carbonyl (C=O) groups excluding carboxylic acids is 1. The van der Waals surface area contributed by atoms with Crippen molar-refractivity contribution in [2.75, 3.05) is 18.2 Å². The van der Waals surface area contributed by atoms with Gasteiger partial charge in [-0.3, -0.25) is 14.2 Å². The first-order valence-electron chi connectivity index (χ1n) is 10.6. The second-order valence-electron chi connectivity index (χ2n) is 7.74. The van der Waals surface area contributed by atoms with Gasteiger partial charge in [0.1, 0.15) is 5.56 Å². The topological polar surface area (TPSA) is 93.6 Å². The number of ether oxygens (including phenoxy) is 2. The summed E-state index contributed by atoms with van der Waals surface area (Å²) in [5, 5.41) is 0. The van der Waals surface area contributed by atoms with Crippen LogP contribution in [0.4, 0.5) is 5.69 Å². The number of anilines is 1. The highest BCUT2D eigenvalue weighted by molar-refractivity contribution is 6.05. The van der Waals surface area contributed by atoms with Gasteiger partial charge in [-0.1, -0.05) is 31.5 Å². The molecule has 8 nitrogen and oxygen atoms in total. The van der Waals surface area contributed by atoms with Gasteiger partial charge in [-0.15, -0.1) is 0 Å². The van der Waals surface area contributed by atoms with Crippen LogP contribution in [0.25, 0.3) is 0 Å². The van der Waals surface area contributed by atoms with Crippen LogP contribution in [-0.4, -0.2) is 28.8 Å². The highest BCUT2D eigenvalue weighted by Crippen LogP contribution is 2.32. The molecule has 0 unspecified atom stereocenters. The first-order valence-corrected chi connectivity index (χ1v) is 10.6. The van der Waals surface area contributed by atoms with Crippen molar-refractivity contribution >= 4 is 11.6 Å². The molecule has 2 aromatic carbocycles. The van der Waals surface area contributed by atoms with Crippen molar-refractivity contribution in [2.45, 2.75) is 33.2 Å². The highest BCUT2D eigenvalue weighted by Gasteiger charge is 2.23. The number of nitrogens with one attached hydrogen (secondary N) is 1. The van der Waals surface area contributed by atoms with Gasteiger partial charge in [0.2, 0.25) is 6.79 Å². The van der Waals surface area contributed by atoms with E-state index in [0.717, 1.165) is 28.7 Å². The van der Waals surface area contributed by atoms with E-state index in [0.29, 0.717) is 23.6 Å². The minimum atomic E-state index is -0.634. The van der Waals surface area contributed by atoms with Crippen LogP contribution < -0.4 is 25.6 Å². The van der Waals surface area contributed by atoms with Gasteiger partial charge < -0.3 is 19.4 Å². The second-order valence-corrected chi connectivity index (χ2v) is 7.74. The van der Waals surface area contributed by atoms with E-state index in [-0.39, 0.29) is 18.9 Å². The number of rotatable bonds is 7. The van der Waals surface area contributed by atoms with Gasteiger partial charge in [-0.05, 0) is 48.7 Å². The lowest BCUT2D eigenvalue weighted by Crippen LogP contribution is -2.42. The average Bonchev–Trinajstić information content (AvgIpc) is 3.25. The van der Waals surface area contributed by atoms with E-state index in [1.54, 1.807) is 23.1 Å². The highest BCUT2D eigenvalue weighted by atomic mass is 16.7. The summed E-state index contributed by atoms with van der Waals surface area (Å²) in [5.74, 6) is 0.734. The standard InChI is InChI=1S/C24H25N3O5/c1-3-4-10-26(18-7-5-6-16(2)11-18)22(28)19-13-25-24(30)27(23(19)29)14-17-8-9-20-21(12-17)32-15-31-20/h5-9,11-13H,3-4,10,14-15H2,1-2H3,(H,25,30). The van der Waals surface area contributed by atoms with Crippen LogP contribution >= 0.6 is 0 Å². The molecule has 32 heavy (non-hydrogen) atoms. The SMILES string of the molecule is CCCCN(C(=O)c1c[nH]c(=O)n(Cc2ccc3c(c2)OCO3)c1=O)c1cccc(C)c1. The number of nitrogens with zero attached hydrogens (tertiary/aromatic N) is 2. The molecule has 166 valence electrons. The fourth-order valence-corrected chi connectivity index (χ4v) is 3.64. The molecule has 0 fully saturated rings. The lowest BCUT2D eigenvalue weighted by molar-refractivity contribution is 0.0984. The van der Waals surface area contributed by atoms with E-state index in [4.69, 9.17) is 9.47 Å².